The van der Waals surface area contributed by atoms with Crippen LogP contribution in [-0.4, -0.2) is 43.2 Å². The molecule has 0 unspecified atom stereocenters. The van der Waals surface area contributed by atoms with Gasteiger partial charge in [0.25, 0.3) is 5.91 Å². The average molecular weight is 290 g/mol. The SMILES string of the molecule is CCOc1ccc(C(=O)N(CCN)CC(F)(F)F)cc1. The maximum atomic E-state index is 12.4. The van der Waals surface area contributed by atoms with Gasteiger partial charge in [0.1, 0.15) is 12.3 Å². The largest absolute Gasteiger partial charge is 0.494 e. The Bertz CT molecular complexity index is 432. The molecule has 0 spiro atoms. The third kappa shape index (κ3) is 5.08. The number of carbonyl (C=O) groups is 1. The lowest BCUT2D eigenvalue weighted by molar-refractivity contribution is -0.140. The smallest absolute Gasteiger partial charge is 0.406 e. The first-order chi connectivity index (χ1) is 9.37. The monoisotopic (exact) mass is 290 g/mol. The van der Waals surface area contributed by atoms with E-state index in [-0.39, 0.29) is 18.7 Å². The highest BCUT2D eigenvalue weighted by Crippen LogP contribution is 2.19. The molecule has 0 aromatic heterocycles. The lowest BCUT2D eigenvalue weighted by Crippen LogP contribution is -2.41. The second-order valence-electron chi connectivity index (χ2n) is 4.09. The molecule has 4 nitrogen and oxygen atoms in total. The lowest BCUT2D eigenvalue weighted by Gasteiger charge is -2.23. The van der Waals surface area contributed by atoms with Crippen molar-refractivity contribution < 1.29 is 22.7 Å². The third-order valence-corrected chi connectivity index (χ3v) is 2.47. The van der Waals surface area contributed by atoms with Crippen LogP contribution < -0.4 is 10.5 Å². The second kappa shape index (κ2) is 7.14. The van der Waals surface area contributed by atoms with Gasteiger partial charge in [0, 0.05) is 18.7 Å². The molecule has 1 aromatic carbocycles. The molecule has 0 saturated heterocycles. The van der Waals surface area contributed by atoms with E-state index in [9.17, 15) is 18.0 Å². The number of benzene rings is 1. The molecule has 7 heteroatoms. The van der Waals surface area contributed by atoms with E-state index >= 15 is 0 Å². The van der Waals surface area contributed by atoms with Crippen molar-refractivity contribution in [3.05, 3.63) is 29.8 Å². The van der Waals surface area contributed by atoms with Crippen LogP contribution >= 0.6 is 0 Å². The molecule has 0 fully saturated rings. The van der Waals surface area contributed by atoms with E-state index in [1.807, 2.05) is 6.92 Å². The quantitative estimate of drug-likeness (QED) is 0.872. The van der Waals surface area contributed by atoms with Crippen LogP contribution in [0, 0.1) is 0 Å². The Morgan fingerprint density at radius 1 is 1.30 bits per heavy atom. The van der Waals surface area contributed by atoms with Gasteiger partial charge in [-0.15, -0.1) is 0 Å². The van der Waals surface area contributed by atoms with Crippen molar-refractivity contribution in [2.24, 2.45) is 5.73 Å². The number of nitrogens with zero attached hydrogens (tertiary/aromatic N) is 1. The molecule has 0 aliphatic heterocycles. The van der Waals surface area contributed by atoms with Gasteiger partial charge in [-0.1, -0.05) is 0 Å². The number of alkyl halides is 3. The van der Waals surface area contributed by atoms with E-state index in [0.29, 0.717) is 17.3 Å². The van der Waals surface area contributed by atoms with Crippen molar-refractivity contribution in [3.63, 3.8) is 0 Å². The van der Waals surface area contributed by atoms with Crippen LogP contribution in [0.1, 0.15) is 17.3 Å². The van der Waals surface area contributed by atoms with Crippen molar-refractivity contribution >= 4 is 5.91 Å². The Morgan fingerprint density at radius 3 is 2.35 bits per heavy atom. The third-order valence-electron chi connectivity index (χ3n) is 2.47. The Labute approximate surface area is 115 Å². The van der Waals surface area contributed by atoms with E-state index in [2.05, 4.69) is 0 Å². The highest BCUT2D eigenvalue weighted by Gasteiger charge is 2.33. The molecule has 1 aromatic rings. The van der Waals surface area contributed by atoms with E-state index in [1.165, 1.54) is 12.1 Å². The molecule has 0 atom stereocenters. The summed E-state index contributed by atoms with van der Waals surface area (Å²) in [5, 5.41) is 0. The van der Waals surface area contributed by atoms with Gasteiger partial charge < -0.3 is 15.4 Å². The van der Waals surface area contributed by atoms with Gasteiger partial charge in [-0.25, -0.2) is 0 Å². The molecule has 0 bridgehead atoms. The van der Waals surface area contributed by atoms with Crippen LogP contribution in [0.15, 0.2) is 24.3 Å². The Balaban J connectivity index is 2.83. The average Bonchev–Trinajstić information content (AvgIpc) is 2.37. The lowest BCUT2D eigenvalue weighted by atomic mass is 10.2. The van der Waals surface area contributed by atoms with Gasteiger partial charge in [-0.3, -0.25) is 4.79 Å². The summed E-state index contributed by atoms with van der Waals surface area (Å²) >= 11 is 0. The van der Waals surface area contributed by atoms with Crippen LogP contribution in [0.2, 0.25) is 0 Å². The molecule has 2 N–H and O–H groups in total. The minimum atomic E-state index is -4.45. The maximum absolute atomic E-state index is 12.4. The zero-order valence-electron chi connectivity index (χ0n) is 11.1. The summed E-state index contributed by atoms with van der Waals surface area (Å²) in [6, 6.07) is 5.97. The number of rotatable bonds is 6. The van der Waals surface area contributed by atoms with Crippen molar-refractivity contribution in [1.82, 2.24) is 4.90 Å². The van der Waals surface area contributed by atoms with Crippen LogP contribution in [-0.2, 0) is 0 Å². The van der Waals surface area contributed by atoms with Crippen LogP contribution in [0.3, 0.4) is 0 Å². The summed E-state index contributed by atoms with van der Waals surface area (Å²) in [6.45, 7) is 0.798. The van der Waals surface area contributed by atoms with Crippen molar-refractivity contribution in [2.45, 2.75) is 13.1 Å². The molecule has 0 saturated carbocycles. The first kappa shape index (κ1) is 16.3. The molecule has 0 radical (unpaired) electrons. The van der Waals surface area contributed by atoms with Gasteiger partial charge in [0.2, 0.25) is 0 Å². The summed E-state index contributed by atoms with van der Waals surface area (Å²) in [4.78, 5) is 12.7. The molecule has 0 aliphatic rings. The fourth-order valence-electron chi connectivity index (χ4n) is 1.67. The van der Waals surface area contributed by atoms with E-state index in [0.717, 1.165) is 0 Å². The molecule has 20 heavy (non-hydrogen) atoms. The van der Waals surface area contributed by atoms with Gasteiger partial charge >= 0.3 is 6.18 Å². The maximum Gasteiger partial charge on any atom is 0.406 e. The number of ether oxygens (including phenoxy) is 1. The number of amides is 1. The Morgan fingerprint density at radius 2 is 1.90 bits per heavy atom. The molecule has 0 heterocycles. The topological polar surface area (TPSA) is 55.6 Å². The molecular formula is C13H17F3N2O2. The van der Waals surface area contributed by atoms with E-state index in [1.54, 1.807) is 12.1 Å². The fourth-order valence-corrected chi connectivity index (χ4v) is 1.67. The number of carbonyl (C=O) groups excluding carboxylic acids is 1. The number of hydrogen-bond donors (Lipinski definition) is 1. The van der Waals surface area contributed by atoms with Crippen LogP contribution in [0.5, 0.6) is 5.75 Å². The van der Waals surface area contributed by atoms with Gasteiger partial charge in [0.05, 0.1) is 6.61 Å². The van der Waals surface area contributed by atoms with E-state index < -0.39 is 18.6 Å². The number of halogens is 3. The highest BCUT2D eigenvalue weighted by molar-refractivity contribution is 5.94. The Kier molecular flexibility index (Phi) is 5.82. The minimum Gasteiger partial charge on any atom is -0.494 e. The van der Waals surface area contributed by atoms with Crippen molar-refractivity contribution in [3.8, 4) is 5.75 Å². The first-order valence-corrected chi connectivity index (χ1v) is 6.16. The predicted molar refractivity (Wildman–Crippen MR) is 68.6 cm³/mol. The van der Waals surface area contributed by atoms with Crippen LogP contribution in [0.4, 0.5) is 13.2 Å². The fraction of sp³-hybridized carbons (Fsp3) is 0.462. The summed E-state index contributed by atoms with van der Waals surface area (Å²) in [5.41, 5.74) is 5.42. The summed E-state index contributed by atoms with van der Waals surface area (Å²) in [5.74, 6) is -0.138. The van der Waals surface area contributed by atoms with Gasteiger partial charge in [0.15, 0.2) is 0 Å². The molecular weight excluding hydrogens is 273 g/mol. The molecule has 1 amide bonds. The summed E-state index contributed by atoms with van der Waals surface area (Å²) in [7, 11) is 0. The van der Waals surface area contributed by atoms with Crippen LogP contribution in [0.25, 0.3) is 0 Å². The number of nitrogens with two attached hydrogens (primary N) is 1. The second-order valence-corrected chi connectivity index (χ2v) is 4.09. The predicted octanol–water partition coefficient (Wildman–Crippen LogP) is 2.05. The highest BCUT2D eigenvalue weighted by atomic mass is 19.4. The zero-order valence-corrected chi connectivity index (χ0v) is 11.1. The zero-order chi connectivity index (χ0) is 15.2. The van der Waals surface area contributed by atoms with Crippen molar-refractivity contribution in [1.29, 1.82) is 0 Å². The Hall–Kier alpha value is -1.76. The molecule has 1 rings (SSSR count). The number of hydrogen-bond acceptors (Lipinski definition) is 3. The van der Waals surface area contributed by atoms with Gasteiger partial charge in [-0.2, -0.15) is 13.2 Å². The first-order valence-electron chi connectivity index (χ1n) is 6.16. The van der Waals surface area contributed by atoms with Crippen molar-refractivity contribution in [2.75, 3.05) is 26.2 Å². The van der Waals surface area contributed by atoms with Gasteiger partial charge in [-0.05, 0) is 31.2 Å². The molecule has 112 valence electrons. The summed E-state index contributed by atoms with van der Waals surface area (Å²) < 4.78 is 42.4. The summed E-state index contributed by atoms with van der Waals surface area (Å²) in [6.07, 6.45) is -4.45. The minimum absolute atomic E-state index is 0.0289. The normalized spacial score (nSPS) is 11.2. The standard InChI is InChI=1S/C13H17F3N2O2/c1-2-20-11-5-3-10(4-6-11)12(19)18(8-7-17)9-13(14,15)16/h3-6H,2,7-9,17H2,1H3. The molecule has 0 aliphatic carbocycles. The van der Waals surface area contributed by atoms with E-state index in [4.69, 9.17) is 10.5 Å².